The summed E-state index contributed by atoms with van der Waals surface area (Å²) in [7, 11) is 0. The molecule has 16 nitrogen and oxygen atoms in total. The molecule has 65 heavy (non-hydrogen) atoms. The topological polar surface area (TPSA) is 227 Å². The van der Waals surface area contributed by atoms with Gasteiger partial charge in [0.2, 0.25) is 0 Å². The number of hydrogen-bond donors (Lipinski definition) is 5. The molecule has 0 unspecified atom stereocenters. The second-order valence-electron chi connectivity index (χ2n) is 14.3. The summed E-state index contributed by atoms with van der Waals surface area (Å²) < 4.78 is 78.8. The van der Waals surface area contributed by atoms with E-state index in [1.54, 1.807) is 23.6 Å². The average molecular weight is 932 g/mol. The van der Waals surface area contributed by atoms with Crippen LogP contribution in [0, 0.1) is 68.6 Å². The van der Waals surface area contributed by atoms with Crippen molar-refractivity contribution in [2.24, 2.45) is 0 Å². The first-order chi connectivity index (χ1) is 31.6. The first kappa shape index (κ1) is 47.9. The number of benzene rings is 3. The highest BCUT2D eigenvalue weighted by atomic mass is 32.1. The van der Waals surface area contributed by atoms with Crippen LogP contribution < -0.4 is 50.3 Å². The Kier molecular flexibility index (Phi) is 18.0. The van der Waals surface area contributed by atoms with Crippen molar-refractivity contribution in [3.63, 3.8) is 0 Å². The van der Waals surface area contributed by atoms with Crippen molar-refractivity contribution in [2.45, 2.75) is 30.5 Å². The van der Waals surface area contributed by atoms with Crippen LogP contribution in [0.25, 0.3) is 0 Å². The molecule has 0 saturated carbocycles. The van der Waals surface area contributed by atoms with Gasteiger partial charge in [0.1, 0.15) is 71.0 Å². The normalized spacial score (nSPS) is 16.2. The maximum absolute atomic E-state index is 13.3. The van der Waals surface area contributed by atoms with Crippen molar-refractivity contribution < 1.29 is 41.2 Å². The van der Waals surface area contributed by atoms with Gasteiger partial charge in [0.25, 0.3) is 10.4 Å². The van der Waals surface area contributed by atoms with Crippen molar-refractivity contribution in [2.75, 3.05) is 65.4 Å². The Morgan fingerprint density at radius 2 is 1.12 bits per heavy atom. The van der Waals surface area contributed by atoms with E-state index in [0.717, 1.165) is 70.6 Å². The molecule has 0 aliphatic carbocycles. The Hall–Kier alpha value is -6.60. The fraction of sp³-hybridized carbons (Fsp3) is 0.349. The standard InChI is InChI=1S/2C10H9FN2O.C9H9F2NO.2C7H7N3OS/c11-10-3-8(2-1-7(10)4-12)14-9-5-13-6-9;11-9-3-7(4-12)1-2-10(9)14-8-5-13-6-8;10-6-1-2-8(11)9(3-6)13-7-4-12-5-7;8-1-6-4-10-7(12-6)11-5-2-9-3-5;8-1-5-4-12-7(10-5)11-6-2-9-3-6/h1-3,9,13H,5-6H2;1-3,8,13H,5-6H2;1-3,7,12H,4-5H2;4-5,9H,2-3H2;4,6,9H,2-3H2. The highest BCUT2D eigenvalue weighted by Gasteiger charge is 2.23. The summed E-state index contributed by atoms with van der Waals surface area (Å²) >= 11 is 2.66. The van der Waals surface area contributed by atoms with Crippen molar-refractivity contribution in [1.29, 1.82) is 21.0 Å². The molecule has 5 saturated heterocycles. The van der Waals surface area contributed by atoms with Crippen molar-refractivity contribution in [1.82, 2.24) is 36.6 Å². The van der Waals surface area contributed by atoms with Gasteiger partial charge >= 0.3 is 0 Å². The van der Waals surface area contributed by atoms with Gasteiger partial charge in [-0.05, 0) is 42.5 Å². The Morgan fingerprint density at radius 3 is 1.62 bits per heavy atom. The van der Waals surface area contributed by atoms with Crippen LogP contribution in [0.4, 0.5) is 17.6 Å². The van der Waals surface area contributed by atoms with Gasteiger partial charge in [-0.25, -0.2) is 22.5 Å². The van der Waals surface area contributed by atoms with E-state index in [0.29, 0.717) is 45.4 Å². The quantitative estimate of drug-likeness (QED) is 0.124. The predicted molar refractivity (Wildman–Crippen MR) is 229 cm³/mol. The fourth-order valence-corrected chi connectivity index (χ4v) is 6.47. The third-order valence-corrected chi connectivity index (χ3v) is 10.9. The van der Waals surface area contributed by atoms with E-state index in [9.17, 15) is 17.6 Å². The number of aromatic nitrogens is 2. The number of ether oxygens (including phenoxy) is 5. The Labute approximate surface area is 379 Å². The minimum Gasteiger partial charge on any atom is -0.488 e. The minimum absolute atomic E-state index is 0.00787. The van der Waals surface area contributed by atoms with Gasteiger partial charge in [-0.15, -0.1) is 0 Å². The van der Waals surface area contributed by atoms with Gasteiger partial charge in [-0.3, -0.25) is 0 Å². The molecule has 338 valence electrons. The fourth-order valence-electron chi connectivity index (χ4n) is 5.18. The molecular formula is C43H41F4N11O5S2. The highest BCUT2D eigenvalue weighted by Crippen LogP contribution is 2.24. The molecule has 0 atom stereocenters. The summed E-state index contributed by atoms with van der Waals surface area (Å²) in [6.07, 6.45) is 2.16. The Balaban J connectivity index is 0.000000135. The molecule has 0 amide bonds. The molecule has 7 heterocycles. The van der Waals surface area contributed by atoms with Crippen LogP contribution in [0.3, 0.4) is 0 Å². The lowest BCUT2D eigenvalue weighted by Gasteiger charge is -2.27. The lowest BCUT2D eigenvalue weighted by molar-refractivity contribution is 0.136. The molecule has 0 radical (unpaired) electrons. The van der Waals surface area contributed by atoms with Gasteiger partial charge in [0, 0.05) is 83.0 Å². The molecule has 3 aromatic carbocycles. The van der Waals surface area contributed by atoms with E-state index in [1.807, 2.05) is 18.2 Å². The molecule has 0 bridgehead atoms. The molecular weight excluding hydrogens is 891 g/mol. The maximum Gasteiger partial charge on any atom is 0.274 e. The van der Waals surface area contributed by atoms with Gasteiger partial charge < -0.3 is 50.3 Å². The predicted octanol–water partition coefficient (Wildman–Crippen LogP) is 4.14. The zero-order valence-electron chi connectivity index (χ0n) is 34.4. The SMILES string of the molecule is Fc1ccc(F)c(OC2CNC2)c1.N#Cc1ccc(OC2CNC2)c(F)c1.N#Cc1ccc(OC2CNC2)cc1F.N#Cc1cnc(OC2CNC2)s1.N#Cc1csc(OC2CNC2)n1. The van der Waals surface area contributed by atoms with E-state index in [2.05, 4.69) is 36.6 Å². The average Bonchev–Trinajstić information content (AvgIpc) is 3.91. The van der Waals surface area contributed by atoms with Crippen LogP contribution in [-0.2, 0) is 0 Å². The van der Waals surface area contributed by atoms with Crippen LogP contribution in [-0.4, -0.2) is 106 Å². The molecule has 5 aliphatic rings. The lowest BCUT2D eigenvalue weighted by atomic mass is 10.2. The van der Waals surface area contributed by atoms with E-state index < -0.39 is 23.3 Å². The summed E-state index contributed by atoms with van der Waals surface area (Å²) in [5, 5.41) is 52.1. The van der Waals surface area contributed by atoms with Crippen molar-refractivity contribution in [3.8, 4) is 51.9 Å². The number of nitriles is 4. The van der Waals surface area contributed by atoms with E-state index in [-0.39, 0.29) is 47.6 Å². The van der Waals surface area contributed by atoms with Crippen molar-refractivity contribution in [3.05, 3.63) is 111 Å². The smallest absolute Gasteiger partial charge is 0.274 e. The molecule has 22 heteroatoms. The number of nitrogens with zero attached hydrogens (tertiary/aromatic N) is 6. The van der Waals surface area contributed by atoms with Gasteiger partial charge in [0.15, 0.2) is 28.8 Å². The van der Waals surface area contributed by atoms with Crippen molar-refractivity contribution >= 4 is 22.7 Å². The molecule has 5 aliphatic heterocycles. The zero-order valence-corrected chi connectivity index (χ0v) is 36.0. The number of nitrogens with one attached hydrogen (secondary N) is 5. The van der Waals surface area contributed by atoms with Crippen LogP contribution in [0.15, 0.2) is 66.2 Å². The van der Waals surface area contributed by atoms with Crippen LogP contribution >= 0.6 is 22.7 Å². The van der Waals surface area contributed by atoms with Crippen LogP contribution in [0.1, 0.15) is 21.7 Å². The number of rotatable bonds is 10. The second-order valence-corrected chi connectivity index (χ2v) is 16.1. The maximum atomic E-state index is 13.3. The van der Waals surface area contributed by atoms with Crippen LogP contribution in [0.5, 0.6) is 27.6 Å². The van der Waals surface area contributed by atoms with Gasteiger partial charge in [-0.2, -0.15) is 26.0 Å². The number of hydrogen-bond acceptors (Lipinski definition) is 18. The third kappa shape index (κ3) is 15.0. The molecule has 2 aromatic heterocycles. The summed E-state index contributed by atoms with van der Waals surface area (Å²) in [5.74, 6) is -1.32. The molecule has 5 fully saturated rings. The largest absolute Gasteiger partial charge is 0.488 e. The van der Waals surface area contributed by atoms with Gasteiger partial charge in [0.05, 0.1) is 23.4 Å². The molecule has 0 spiro atoms. The summed E-state index contributed by atoms with van der Waals surface area (Å²) in [4.78, 5) is 8.51. The van der Waals surface area contributed by atoms with Crippen LogP contribution in [0.2, 0.25) is 0 Å². The monoisotopic (exact) mass is 931 g/mol. The highest BCUT2D eigenvalue weighted by molar-refractivity contribution is 7.13. The summed E-state index contributed by atoms with van der Waals surface area (Å²) in [5.41, 5.74) is 0.785. The Morgan fingerprint density at radius 1 is 0.538 bits per heavy atom. The zero-order chi connectivity index (χ0) is 46.0. The van der Waals surface area contributed by atoms with E-state index in [4.69, 9.17) is 44.7 Å². The molecule has 5 N–H and O–H groups in total. The van der Waals surface area contributed by atoms with E-state index >= 15 is 0 Å². The summed E-state index contributed by atoms with van der Waals surface area (Å²) in [6.45, 7) is 7.97. The van der Waals surface area contributed by atoms with E-state index in [1.165, 1.54) is 53.1 Å². The molecule has 5 aromatic rings. The summed E-state index contributed by atoms with van der Waals surface area (Å²) in [6, 6.07) is 19.3. The molecule has 10 rings (SSSR count). The number of thiazole rings is 2. The minimum atomic E-state index is -0.530. The van der Waals surface area contributed by atoms with Gasteiger partial charge in [-0.1, -0.05) is 22.7 Å². The third-order valence-electron chi connectivity index (χ3n) is 9.35. The number of halogens is 4. The lowest BCUT2D eigenvalue weighted by Crippen LogP contribution is -2.50. The first-order valence-corrected chi connectivity index (χ1v) is 21.7. The second kappa shape index (κ2) is 24.5. The Bertz CT molecular complexity index is 2440. The first-order valence-electron chi connectivity index (χ1n) is 20.0.